The molecule has 0 fully saturated rings. The third kappa shape index (κ3) is 8.09. The van der Waals surface area contributed by atoms with Gasteiger partial charge in [0.05, 0.1) is 13.7 Å². The van der Waals surface area contributed by atoms with Crippen molar-refractivity contribution in [2.45, 2.75) is 19.4 Å². The molecule has 0 bridgehead atoms. The van der Waals surface area contributed by atoms with Crippen molar-refractivity contribution in [3.63, 3.8) is 0 Å². The lowest BCUT2D eigenvalue weighted by Crippen LogP contribution is -2.39. The number of hydrogen-bond acceptors (Lipinski definition) is 3. The highest BCUT2D eigenvalue weighted by Gasteiger charge is 2.00. The standard InChI is InChI=1S/C21H28FN3O2/c1-23-21(25-13-11-17-5-3-6-19(22)15-17)24-12-4-14-27-16-18-7-9-20(26-2)10-8-18/h3,5-10,15H,4,11-14,16H2,1-2H3,(H2,23,24,25). The molecular weight excluding hydrogens is 345 g/mol. The number of halogens is 1. The van der Waals surface area contributed by atoms with Gasteiger partial charge in [0.15, 0.2) is 5.96 Å². The van der Waals surface area contributed by atoms with Crippen LogP contribution in [0.4, 0.5) is 4.39 Å². The van der Waals surface area contributed by atoms with Crippen molar-refractivity contribution >= 4 is 5.96 Å². The minimum Gasteiger partial charge on any atom is -0.497 e. The monoisotopic (exact) mass is 373 g/mol. The van der Waals surface area contributed by atoms with Gasteiger partial charge in [-0.25, -0.2) is 4.39 Å². The Kier molecular flexibility index (Phi) is 9.13. The first-order valence-electron chi connectivity index (χ1n) is 9.11. The summed E-state index contributed by atoms with van der Waals surface area (Å²) in [6.07, 6.45) is 1.62. The Bertz CT molecular complexity index is 705. The molecule has 0 saturated carbocycles. The number of guanidine groups is 1. The van der Waals surface area contributed by atoms with Gasteiger partial charge in [-0.1, -0.05) is 24.3 Å². The molecular formula is C21H28FN3O2. The average molecular weight is 373 g/mol. The third-order valence-electron chi connectivity index (χ3n) is 4.00. The zero-order valence-electron chi connectivity index (χ0n) is 16.0. The summed E-state index contributed by atoms with van der Waals surface area (Å²) in [6.45, 7) is 2.71. The van der Waals surface area contributed by atoms with Crippen molar-refractivity contribution in [1.82, 2.24) is 10.6 Å². The van der Waals surface area contributed by atoms with Gasteiger partial charge < -0.3 is 20.1 Å². The summed E-state index contributed by atoms with van der Waals surface area (Å²) in [5.41, 5.74) is 2.09. The molecule has 0 heterocycles. The summed E-state index contributed by atoms with van der Waals surface area (Å²) in [5.74, 6) is 1.38. The minimum atomic E-state index is -0.204. The van der Waals surface area contributed by atoms with Gasteiger partial charge in [0.25, 0.3) is 0 Å². The van der Waals surface area contributed by atoms with Gasteiger partial charge >= 0.3 is 0 Å². The number of ether oxygens (including phenoxy) is 2. The Labute approximate surface area is 160 Å². The molecule has 0 aliphatic heterocycles. The molecule has 0 unspecified atom stereocenters. The van der Waals surface area contributed by atoms with E-state index in [2.05, 4.69) is 15.6 Å². The van der Waals surface area contributed by atoms with Crippen LogP contribution < -0.4 is 15.4 Å². The zero-order valence-corrected chi connectivity index (χ0v) is 16.0. The molecule has 5 nitrogen and oxygen atoms in total. The number of benzene rings is 2. The highest BCUT2D eigenvalue weighted by atomic mass is 19.1. The molecule has 2 aromatic carbocycles. The van der Waals surface area contributed by atoms with E-state index in [1.807, 2.05) is 30.3 Å². The first kappa shape index (κ1) is 20.7. The summed E-state index contributed by atoms with van der Waals surface area (Å²) in [4.78, 5) is 4.19. The largest absolute Gasteiger partial charge is 0.497 e. The van der Waals surface area contributed by atoms with Crippen molar-refractivity contribution in [2.75, 3.05) is 33.9 Å². The Morgan fingerprint density at radius 1 is 1.04 bits per heavy atom. The van der Waals surface area contributed by atoms with Crippen LogP contribution >= 0.6 is 0 Å². The molecule has 146 valence electrons. The second-order valence-electron chi connectivity index (χ2n) is 6.06. The molecule has 0 aromatic heterocycles. The van der Waals surface area contributed by atoms with Crippen molar-refractivity contribution in [3.05, 3.63) is 65.5 Å². The zero-order chi connectivity index (χ0) is 19.3. The second-order valence-corrected chi connectivity index (χ2v) is 6.06. The van der Waals surface area contributed by atoms with Crippen LogP contribution in [0.3, 0.4) is 0 Å². The maximum Gasteiger partial charge on any atom is 0.190 e. The number of hydrogen-bond donors (Lipinski definition) is 2. The smallest absolute Gasteiger partial charge is 0.190 e. The van der Waals surface area contributed by atoms with Gasteiger partial charge in [0.2, 0.25) is 0 Å². The van der Waals surface area contributed by atoms with E-state index in [9.17, 15) is 4.39 Å². The number of rotatable bonds is 10. The van der Waals surface area contributed by atoms with E-state index in [4.69, 9.17) is 9.47 Å². The van der Waals surface area contributed by atoms with E-state index in [0.29, 0.717) is 19.8 Å². The van der Waals surface area contributed by atoms with E-state index in [-0.39, 0.29) is 5.82 Å². The first-order valence-corrected chi connectivity index (χ1v) is 9.11. The summed E-state index contributed by atoms with van der Waals surface area (Å²) in [7, 11) is 3.39. The van der Waals surface area contributed by atoms with E-state index >= 15 is 0 Å². The lowest BCUT2D eigenvalue weighted by molar-refractivity contribution is 0.119. The summed E-state index contributed by atoms with van der Waals surface area (Å²) < 4.78 is 24.0. The number of nitrogens with zero attached hydrogens (tertiary/aromatic N) is 1. The maximum atomic E-state index is 13.2. The SMILES string of the molecule is CN=C(NCCCOCc1ccc(OC)cc1)NCCc1cccc(F)c1. The lowest BCUT2D eigenvalue weighted by atomic mass is 10.1. The first-order chi connectivity index (χ1) is 13.2. The van der Waals surface area contributed by atoms with Crippen molar-refractivity contribution in [3.8, 4) is 5.75 Å². The van der Waals surface area contributed by atoms with Crippen LogP contribution in [-0.2, 0) is 17.8 Å². The predicted molar refractivity (Wildman–Crippen MR) is 107 cm³/mol. The molecule has 2 aromatic rings. The molecule has 0 aliphatic carbocycles. The lowest BCUT2D eigenvalue weighted by Gasteiger charge is -2.12. The molecule has 6 heteroatoms. The molecule has 0 atom stereocenters. The quantitative estimate of drug-likeness (QED) is 0.382. The van der Waals surface area contributed by atoms with Crippen LogP contribution in [0.25, 0.3) is 0 Å². The minimum absolute atomic E-state index is 0.204. The highest BCUT2D eigenvalue weighted by Crippen LogP contribution is 2.11. The molecule has 0 saturated heterocycles. The Hall–Kier alpha value is -2.60. The van der Waals surface area contributed by atoms with Gasteiger partial charge in [-0.3, -0.25) is 4.99 Å². The number of methoxy groups -OCH3 is 1. The fourth-order valence-corrected chi connectivity index (χ4v) is 2.53. The maximum absolute atomic E-state index is 13.2. The predicted octanol–water partition coefficient (Wildman–Crippen LogP) is 3.15. The Morgan fingerprint density at radius 3 is 2.52 bits per heavy atom. The molecule has 0 aliphatic rings. The fraction of sp³-hybridized carbons (Fsp3) is 0.381. The van der Waals surface area contributed by atoms with Gasteiger partial charge in [-0.2, -0.15) is 0 Å². The summed E-state index contributed by atoms with van der Waals surface area (Å²) in [5, 5.41) is 6.48. The van der Waals surface area contributed by atoms with Gasteiger partial charge in [0.1, 0.15) is 11.6 Å². The topological polar surface area (TPSA) is 54.9 Å². The Morgan fingerprint density at radius 2 is 1.81 bits per heavy atom. The fourth-order valence-electron chi connectivity index (χ4n) is 2.53. The van der Waals surface area contributed by atoms with Gasteiger partial charge in [-0.15, -0.1) is 0 Å². The molecule has 2 N–H and O–H groups in total. The molecule has 2 rings (SSSR count). The van der Waals surface area contributed by atoms with E-state index in [1.165, 1.54) is 6.07 Å². The second kappa shape index (κ2) is 11.9. The normalized spacial score (nSPS) is 11.3. The van der Waals surface area contributed by atoms with Crippen molar-refractivity contribution in [1.29, 1.82) is 0 Å². The van der Waals surface area contributed by atoms with E-state index in [1.54, 1.807) is 26.3 Å². The number of aliphatic imine (C=N–C) groups is 1. The molecule has 0 spiro atoms. The Balaban J connectivity index is 1.55. The van der Waals surface area contributed by atoms with Crippen LogP contribution in [-0.4, -0.2) is 39.8 Å². The van der Waals surface area contributed by atoms with Crippen molar-refractivity contribution in [2.24, 2.45) is 4.99 Å². The van der Waals surface area contributed by atoms with Gasteiger partial charge in [-0.05, 0) is 48.2 Å². The molecule has 27 heavy (non-hydrogen) atoms. The summed E-state index contributed by atoms with van der Waals surface area (Å²) >= 11 is 0. The van der Waals surface area contributed by atoms with Crippen LogP contribution in [0.1, 0.15) is 17.5 Å². The van der Waals surface area contributed by atoms with Crippen LogP contribution in [0, 0.1) is 5.82 Å². The van der Waals surface area contributed by atoms with E-state index in [0.717, 1.165) is 42.2 Å². The average Bonchev–Trinajstić information content (AvgIpc) is 2.69. The van der Waals surface area contributed by atoms with Crippen LogP contribution in [0.5, 0.6) is 5.75 Å². The van der Waals surface area contributed by atoms with Crippen LogP contribution in [0.2, 0.25) is 0 Å². The van der Waals surface area contributed by atoms with E-state index < -0.39 is 0 Å². The third-order valence-corrected chi connectivity index (χ3v) is 4.00. The molecule has 0 amide bonds. The highest BCUT2D eigenvalue weighted by molar-refractivity contribution is 5.79. The van der Waals surface area contributed by atoms with Crippen molar-refractivity contribution < 1.29 is 13.9 Å². The molecule has 0 radical (unpaired) electrons. The van der Waals surface area contributed by atoms with Gasteiger partial charge in [0, 0.05) is 26.7 Å². The number of nitrogens with one attached hydrogen (secondary N) is 2. The summed E-state index contributed by atoms with van der Waals surface area (Å²) in [6, 6.07) is 14.5. The van der Waals surface area contributed by atoms with Crippen LogP contribution in [0.15, 0.2) is 53.5 Å².